The largest absolute Gasteiger partial charge is 0.468 e. The summed E-state index contributed by atoms with van der Waals surface area (Å²) >= 11 is 0. The van der Waals surface area contributed by atoms with E-state index in [2.05, 4.69) is 44.0 Å². The highest BCUT2D eigenvalue weighted by Crippen LogP contribution is 2.29. The molecule has 0 saturated carbocycles. The Hall–Kier alpha value is -0.800. The Morgan fingerprint density at radius 3 is 2.89 bits per heavy atom. The molecule has 0 radical (unpaired) electrons. The smallest absolute Gasteiger partial charge is 0.122 e. The Kier molecular flexibility index (Phi) is 4.69. The van der Waals surface area contributed by atoms with Crippen molar-refractivity contribution in [2.75, 3.05) is 13.1 Å². The van der Waals surface area contributed by atoms with Crippen molar-refractivity contribution < 1.29 is 4.42 Å². The second kappa shape index (κ2) is 6.10. The molecule has 0 aromatic carbocycles. The van der Waals surface area contributed by atoms with Crippen molar-refractivity contribution in [3.8, 4) is 0 Å². The van der Waals surface area contributed by atoms with Crippen LogP contribution in [0.3, 0.4) is 0 Å². The molecule has 3 nitrogen and oxygen atoms in total. The molecule has 1 aromatic rings. The lowest BCUT2D eigenvalue weighted by Crippen LogP contribution is -2.39. The lowest BCUT2D eigenvalue weighted by atomic mass is 9.84. The summed E-state index contributed by atoms with van der Waals surface area (Å²) < 4.78 is 5.62. The van der Waals surface area contributed by atoms with Gasteiger partial charge < -0.3 is 9.73 Å². The van der Waals surface area contributed by atoms with Crippen LogP contribution in [0.15, 0.2) is 16.7 Å². The van der Waals surface area contributed by atoms with Crippen LogP contribution in [-0.2, 0) is 13.1 Å². The van der Waals surface area contributed by atoms with Crippen molar-refractivity contribution in [3.63, 3.8) is 0 Å². The van der Waals surface area contributed by atoms with E-state index < -0.39 is 0 Å². The van der Waals surface area contributed by atoms with Crippen molar-refractivity contribution in [2.24, 2.45) is 5.41 Å². The summed E-state index contributed by atoms with van der Waals surface area (Å²) in [7, 11) is 0. The molecule has 0 atom stereocenters. The maximum absolute atomic E-state index is 5.62. The Morgan fingerprint density at radius 1 is 1.42 bits per heavy atom. The minimum atomic E-state index is 0.457. The van der Waals surface area contributed by atoms with Crippen LogP contribution in [0.4, 0.5) is 0 Å². The van der Waals surface area contributed by atoms with E-state index in [0.29, 0.717) is 11.5 Å². The molecule has 0 aliphatic carbocycles. The number of hydrogen-bond acceptors (Lipinski definition) is 3. The molecule has 2 heterocycles. The number of likely N-dealkylation sites (tertiary alicyclic amines) is 1. The Balaban J connectivity index is 1.93. The molecular formula is C16H28N2O. The van der Waals surface area contributed by atoms with Crippen molar-refractivity contribution in [1.29, 1.82) is 0 Å². The first-order valence-electron chi connectivity index (χ1n) is 7.47. The quantitative estimate of drug-likeness (QED) is 0.883. The molecule has 108 valence electrons. The lowest BCUT2D eigenvalue weighted by molar-refractivity contribution is 0.111. The van der Waals surface area contributed by atoms with Gasteiger partial charge in [0.25, 0.3) is 0 Å². The van der Waals surface area contributed by atoms with Crippen molar-refractivity contribution in [3.05, 3.63) is 23.7 Å². The minimum absolute atomic E-state index is 0.457. The van der Waals surface area contributed by atoms with E-state index in [-0.39, 0.29) is 0 Å². The van der Waals surface area contributed by atoms with E-state index in [1.54, 1.807) is 0 Å². The van der Waals surface area contributed by atoms with Gasteiger partial charge in [-0.1, -0.05) is 27.7 Å². The second-order valence-corrected chi connectivity index (χ2v) is 6.88. The zero-order valence-electron chi connectivity index (χ0n) is 12.8. The molecule has 2 rings (SSSR count). The third kappa shape index (κ3) is 4.36. The van der Waals surface area contributed by atoms with E-state index in [1.165, 1.54) is 31.5 Å². The van der Waals surface area contributed by atoms with Crippen LogP contribution in [-0.4, -0.2) is 24.0 Å². The number of nitrogens with zero attached hydrogens (tertiary/aromatic N) is 1. The summed E-state index contributed by atoms with van der Waals surface area (Å²) in [6.45, 7) is 13.3. The van der Waals surface area contributed by atoms with Crippen LogP contribution in [0, 0.1) is 5.41 Å². The molecule has 3 heteroatoms. The number of piperidine rings is 1. The molecule has 1 aliphatic rings. The summed E-state index contributed by atoms with van der Waals surface area (Å²) in [6, 6.07) is 2.62. The van der Waals surface area contributed by atoms with Crippen LogP contribution in [0.1, 0.15) is 51.9 Å². The first-order valence-corrected chi connectivity index (χ1v) is 7.47. The summed E-state index contributed by atoms with van der Waals surface area (Å²) in [6.07, 6.45) is 4.48. The minimum Gasteiger partial charge on any atom is -0.468 e. The standard InChI is InChI=1S/C16H28N2O/c1-13(2)17-10-15-14(6-9-19-15)11-18-8-5-7-16(3,4)12-18/h6,9,13,17H,5,7-8,10-12H2,1-4H3. The molecule has 1 fully saturated rings. The van der Waals surface area contributed by atoms with Gasteiger partial charge in [0.05, 0.1) is 12.8 Å². The zero-order valence-corrected chi connectivity index (χ0v) is 12.8. The first-order chi connectivity index (χ1) is 8.96. The predicted molar refractivity (Wildman–Crippen MR) is 79.0 cm³/mol. The molecule has 1 aromatic heterocycles. The molecule has 19 heavy (non-hydrogen) atoms. The van der Waals surface area contributed by atoms with Crippen LogP contribution in [0.25, 0.3) is 0 Å². The topological polar surface area (TPSA) is 28.4 Å². The van der Waals surface area contributed by atoms with E-state index in [9.17, 15) is 0 Å². The molecule has 0 unspecified atom stereocenters. The fourth-order valence-corrected chi connectivity index (χ4v) is 2.88. The average Bonchev–Trinajstić information content (AvgIpc) is 2.72. The van der Waals surface area contributed by atoms with E-state index in [1.807, 2.05) is 6.26 Å². The normalized spacial score (nSPS) is 20.1. The number of rotatable bonds is 5. The summed E-state index contributed by atoms with van der Waals surface area (Å²) in [5, 5.41) is 3.43. The van der Waals surface area contributed by atoms with Gasteiger partial charge >= 0.3 is 0 Å². The van der Waals surface area contributed by atoms with Gasteiger partial charge in [-0.3, -0.25) is 4.90 Å². The third-order valence-electron chi connectivity index (χ3n) is 3.88. The van der Waals surface area contributed by atoms with Crippen molar-refractivity contribution >= 4 is 0 Å². The molecule has 1 saturated heterocycles. The highest BCUT2D eigenvalue weighted by Gasteiger charge is 2.26. The van der Waals surface area contributed by atoms with Gasteiger partial charge in [-0.05, 0) is 30.9 Å². The van der Waals surface area contributed by atoms with Crippen LogP contribution < -0.4 is 5.32 Å². The SMILES string of the molecule is CC(C)NCc1occc1CN1CCCC(C)(C)C1. The molecule has 0 spiro atoms. The summed E-state index contributed by atoms with van der Waals surface area (Å²) in [5.41, 5.74) is 1.80. The number of nitrogens with one attached hydrogen (secondary N) is 1. The zero-order chi connectivity index (χ0) is 13.9. The fraction of sp³-hybridized carbons (Fsp3) is 0.750. The van der Waals surface area contributed by atoms with Crippen molar-refractivity contribution in [2.45, 2.75) is 59.7 Å². The average molecular weight is 264 g/mol. The highest BCUT2D eigenvalue weighted by atomic mass is 16.3. The number of furan rings is 1. The molecule has 1 N–H and O–H groups in total. The van der Waals surface area contributed by atoms with Gasteiger partial charge in [-0.15, -0.1) is 0 Å². The fourth-order valence-electron chi connectivity index (χ4n) is 2.88. The molecular weight excluding hydrogens is 236 g/mol. The van der Waals surface area contributed by atoms with Crippen LogP contribution in [0.5, 0.6) is 0 Å². The van der Waals surface area contributed by atoms with E-state index in [4.69, 9.17) is 4.42 Å². The van der Waals surface area contributed by atoms with Crippen LogP contribution in [0.2, 0.25) is 0 Å². The predicted octanol–water partition coefficient (Wildman–Crippen LogP) is 3.40. The maximum atomic E-state index is 5.62. The monoisotopic (exact) mass is 264 g/mol. The highest BCUT2D eigenvalue weighted by molar-refractivity contribution is 5.17. The maximum Gasteiger partial charge on any atom is 0.122 e. The van der Waals surface area contributed by atoms with Crippen LogP contribution >= 0.6 is 0 Å². The summed E-state index contributed by atoms with van der Waals surface area (Å²) in [5.74, 6) is 1.09. The van der Waals surface area contributed by atoms with Crippen molar-refractivity contribution in [1.82, 2.24) is 10.2 Å². The van der Waals surface area contributed by atoms with Gasteiger partial charge in [-0.25, -0.2) is 0 Å². The van der Waals surface area contributed by atoms with Gasteiger partial charge in [-0.2, -0.15) is 0 Å². The van der Waals surface area contributed by atoms with Gasteiger partial charge in [0.1, 0.15) is 5.76 Å². The Morgan fingerprint density at radius 2 is 2.21 bits per heavy atom. The molecule has 0 amide bonds. The Bertz CT molecular complexity index is 395. The molecule has 0 bridgehead atoms. The number of hydrogen-bond donors (Lipinski definition) is 1. The van der Waals surface area contributed by atoms with Gasteiger partial charge in [0.2, 0.25) is 0 Å². The summed E-state index contributed by atoms with van der Waals surface area (Å²) in [4.78, 5) is 2.56. The van der Waals surface area contributed by atoms with Gasteiger partial charge in [0.15, 0.2) is 0 Å². The molecule has 1 aliphatic heterocycles. The Labute approximate surface area is 117 Å². The first kappa shape index (κ1) is 14.6. The third-order valence-corrected chi connectivity index (χ3v) is 3.88. The van der Waals surface area contributed by atoms with Gasteiger partial charge in [0, 0.05) is 24.7 Å². The lowest BCUT2D eigenvalue weighted by Gasteiger charge is -2.38. The van der Waals surface area contributed by atoms with E-state index in [0.717, 1.165) is 18.8 Å². The second-order valence-electron chi connectivity index (χ2n) is 6.88. The van der Waals surface area contributed by atoms with E-state index >= 15 is 0 Å².